The van der Waals surface area contributed by atoms with Crippen molar-refractivity contribution in [2.75, 3.05) is 11.9 Å². The van der Waals surface area contributed by atoms with Gasteiger partial charge in [0, 0.05) is 31.5 Å². The minimum Gasteiger partial charge on any atom is -0.368 e. The molecule has 0 N–H and O–H groups in total. The number of anilines is 1. The fourth-order valence-electron chi connectivity index (χ4n) is 2.53. The van der Waals surface area contributed by atoms with Gasteiger partial charge in [-0.15, -0.1) is 0 Å². The fourth-order valence-corrected chi connectivity index (χ4v) is 2.53. The molecule has 0 aliphatic carbocycles. The molecule has 3 rings (SSSR count). The van der Waals surface area contributed by atoms with Crippen molar-refractivity contribution in [3.05, 3.63) is 71.8 Å². The van der Waals surface area contributed by atoms with E-state index < -0.39 is 0 Å². The summed E-state index contributed by atoms with van der Waals surface area (Å²) in [4.78, 5) is 1.81. The number of rotatable bonds is 3. The summed E-state index contributed by atoms with van der Waals surface area (Å²) in [6.07, 6.45) is 3.83. The van der Waals surface area contributed by atoms with Crippen LogP contribution in [0.5, 0.6) is 0 Å². The third-order valence-corrected chi connectivity index (χ3v) is 3.55. The van der Waals surface area contributed by atoms with Crippen LogP contribution in [0.25, 0.3) is 5.52 Å². The molecule has 0 unspecified atom stereocenters. The zero-order chi connectivity index (χ0) is 14.8. The Morgan fingerprint density at radius 3 is 2.71 bits per heavy atom. The zero-order valence-electron chi connectivity index (χ0n) is 11.6. The summed E-state index contributed by atoms with van der Waals surface area (Å²) in [6.45, 7) is 0.478. The van der Waals surface area contributed by atoms with E-state index in [0.29, 0.717) is 17.8 Å². The Morgan fingerprint density at radius 2 is 1.95 bits per heavy atom. The molecule has 4 heteroatoms. The van der Waals surface area contributed by atoms with Gasteiger partial charge in [-0.05, 0) is 24.3 Å². The second kappa shape index (κ2) is 5.29. The van der Waals surface area contributed by atoms with Crippen molar-refractivity contribution in [2.24, 2.45) is 0 Å². The van der Waals surface area contributed by atoms with Gasteiger partial charge in [0.25, 0.3) is 0 Å². The number of halogens is 1. The highest BCUT2D eigenvalue weighted by Crippen LogP contribution is 2.23. The largest absolute Gasteiger partial charge is 0.368 e. The van der Waals surface area contributed by atoms with E-state index in [1.807, 2.05) is 46.9 Å². The van der Waals surface area contributed by atoms with Crippen LogP contribution in [0.2, 0.25) is 0 Å². The van der Waals surface area contributed by atoms with Crippen molar-refractivity contribution in [2.45, 2.75) is 6.54 Å². The lowest BCUT2D eigenvalue weighted by Gasteiger charge is -2.19. The topological polar surface area (TPSA) is 31.4 Å². The molecular formula is C17H14FN3. The van der Waals surface area contributed by atoms with Gasteiger partial charge in [0.2, 0.25) is 0 Å². The van der Waals surface area contributed by atoms with Crippen LogP contribution in [0.1, 0.15) is 11.1 Å². The van der Waals surface area contributed by atoms with Gasteiger partial charge in [0.15, 0.2) is 0 Å². The van der Waals surface area contributed by atoms with Crippen molar-refractivity contribution in [3.8, 4) is 6.07 Å². The number of benzene rings is 1. The minimum atomic E-state index is -0.262. The quantitative estimate of drug-likeness (QED) is 0.733. The second-order valence-corrected chi connectivity index (χ2v) is 4.94. The second-order valence-electron chi connectivity index (χ2n) is 4.94. The summed E-state index contributed by atoms with van der Waals surface area (Å²) >= 11 is 0. The molecule has 3 nitrogen and oxygen atoms in total. The van der Waals surface area contributed by atoms with E-state index in [9.17, 15) is 9.65 Å². The number of aromatic nitrogens is 1. The van der Waals surface area contributed by atoms with E-state index in [2.05, 4.69) is 6.07 Å². The molecular weight excluding hydrogens is 265 g/mol. The van der Waals surface area contributed by atoms with Crippen LogP contribution < -0.4 is 4.90 Å². The van der Waals surface area contributed by atoms with Gasteiger partial charge in [-0.2, -0.15) is 5.26 Å². The van der Waals surface area contributed by atoms with Gasteiger partial charge >= 0.3 is 0 Å². The highest BCUT2D eigenvalue weighted by Gasteiger charge is 2.13. The Labute approximate surface area is 122 Å². The van der Waals surface area contributed by atoms with Crippen LogP contribution in [-0.4, -0.2) is 11.4 Å². The van der Waals surface area contributed by atoms with E-state index in [-0.39, 0.29) is 5.82 Å². The number of pyridine rings is 1. The molecule has 0 saturated heterocycles. The van der Waals surface area contributed by atoms with Crippen molar-refractivity contribution in [1.82, 2.24) is 4.40 Å². The SMILES string of the molecule is CN(Cc1cn2ccccc2c1C#N)c1ccccc1F. The van der Waals surface area contributed by atoms with Crippen molar-refractivity contribution in [1.29, 1.82) is 5.26 Å². The average molecular weight is 279 g/mol. The molecule has 3 aromatic rings. The Morgan fingerprint density at radius 1 is 1.19 bits per heavy atom. The highest BCUT2D eigenvalue weighted by atomic mass is 19.1. The van der Waals surface area contributed by atoms with Crippen LogP contribution >= 0.6 is 0 Å². The van der Waals surface area contributed by atoms with E-state index in [1.54, 1.807) is 18.2 Å². The normalized spacial score (nSPS) is 10.5. The summed E-state index contributed by atoms with van der Waals surface area (Å²) in [5.41, 5.74) is 2.92. The summed E-state index contributed by atoms with van der Waals surface area (Å²) in [7, 11) is 1.82. The Balaban J connectivity index is 1.99. The maximum atomic E-state index is 13.8. The summed E-state index contributed by atoms with van der Waals surface area (Å²) in [5.74, 6) is -0.262. The Hall–Kier alpha value is -2.80. The van der Waals surface area contributed by atoms with E-state index in [4.69, 9.17) is 0 Å². The summed E-state index contributed by atoms with van der Waals surface area (Å²) in [6, 6.07) is 14.6. The molecule has 0 fully saturated rings. The monoisotopic (exact) mass is 279 g/mol. The molecule has 104 valence electrons. The van der Waals surface area contributed by atoms with Crippen molar-refractivity contribution < 1.29 is 4.39 Å². The lowest BCUT2D eigenvalue weighted by atomic mass is 10.1. The molecule has 2 aromatic heterocycles. The molecule has 1 aromatic carbocycles. The molecule has 2 heterocycles. The van der Waals surface area contributed by atoms with E-state index in [0.717, 1.165) is 11.1 Å². The molecule has 0 saturated carbocycles. The van der Waals surface area contributed by atoms with Gasteiger partial charge < -0.3 is 9.30 Å². The van der Waals surface area contributed by atoms with Crippen molar-refractivity contribution >= 4 is 11.2 Å². The van der Waals surface area contributed by atoms with Gasteiger partial charge in [-0.25, -0.2) is 4.39 Å². The first-order valence-electron chi connectivity index (χ1n) is 6.65. The predicted molar refractivity (Wildman–Crippen MR) is 80.6 cm³/mol. The Kier molecular flexibility index (Phi) is 3.33. The van der Waals surface area contributed by atoms with E-state index >= 15 is 0 Å². The van der Waals surface area contributed by atoms with Gasteiger partial charge in [-0.3, -0.25) is 0 Å². The molecule has 0 spiro atoms. The molecule has 0 radical (unpaired) electrons. The average Bonchev–Trinajstić information content (AvgIpc) is 2.84. The maximum Gasteiger partial charge on any atom is 0.146 e. The van der Waals surface area contributed by atoms with Crippen LogP contribution in [-0.2, 0) is 6.54 Å². The van der Waals surface area contributed by atoms with Crippen molar-refractivity contribution in [3.63, 3.8) is 0 Å². The molecule has 0 amide bonds. The summed E-state index contributed by atoms with van der Waals surface area (Å²) in [5, 5.41) is 9.39. The smallest absolute Gasteiger partial charge is 0.146 e. The lowest BCUT2D eigenvalue weighted by molar-refractivity contribution is 0.622. The van der Waals surface area contributed by atoms with E-state index in [1.165, 1.54) is 6.07 Å². The molecule has 0 atom stereocenters. The molecule has 0 aliphatic heterocycles. The van der Waals surface area contributed by atoms with Crippen LogP contribution in [0.15, 0.2) is 54.9 Å². The van der Waals surface area contributed by atoms with Crippen LogP contribution in [0.4, 0.5) is 10.1 Å². The molecule has 0 bridgehead atoms. The first kappa shape index (κ1) is 13.2. The number of hydrogen-bond donors (Lipinski definition) is 0. The maximum absolute atomic E-state index is 13.8. The third kappa shape index (κ3) is 2.34. The van der Waals surface area contributed by atoms with Crippen LogP contribution in [0.3, 0.4) is 0 Å². The highest BCUT2D eigenvalue weighted by molar-refractivity contribution is 5.65. The number of hydrogen-bond acceptors (Lipinski definition) is 2. The third-order valence-electron chi connectivity index (χ3n) is 3.55. The van der Waals surface area contributed by atoms with Gasteiger partial charge in [0.1, 0.15) is 11.9 Å². The Bertz CT molecular complexity index is 829. The minimum absolute atomic E-state index is 0.262. The number of nitrogens with zero attached hydrogens (tertiary/aromatic N) is 3. The van der Waals surface area contributed by atoms with Gasteiger partial charge in [-0.1, -0.05) is 18.2 Å². The number of fused-ring (bicyclic) bond motifs is 1. The first-order chi connectivity index (χ1) is 10.2. The molecule has 21 heavy (non-hydrogen) atoms. The van der Waals surface area contributed by atoms with Crippen LogP contribution in [0, 0.1) is 17.1 Å². The standard InChI is InChI=1S/C17H14FN3/c1-20(17-8-3-2-6-15(17)18)11-13-12-21-9-5-4-7-16(21)14(13)10-19/h2-9,12H,11H2,1H3. The fraction of sp³-hybridized carbons (Fsp3) is 0.118. The number of para-hydroxylation sites is 1. The summed E-state index contributed by atoms with van der Waals surface area (Å²) < 4.78 is 15.7. The predicted octanol–water partition coefficient (Wildman–Crippen LogP) is 3.59. The lowest BCUT2D eigenvalue weighted by Crippen LogP contribution is -2.17. The first-order valence-corrected chi connectivity index (χ1v) is 6.65. The number of nitriles is 1. The molecule has 0 aliphatic rings. The zero-order valence-corrected chi connectivity index (χ0v) is 11.6. The van der Waals surface area contributed by atoms with Gasteiger partial charge in [0.05, 0.1) is 16.8 Å².